The van der Waals surface area contributed by atoms with Crippen LogP contribution in [0.2, 0.25) is 0 Å². The van der Waals surface area contributed by atoms with Gasteiger partial charge in [0.05, 0.1) is 0 Å². The van der Waals surface area contributed by atoms with E-state index >= 15 is 0 Å². The first-order chi connectivity index (χ1) is 10.3. The van der Waals surface area contributed by atoms with Crippen LogP contribution < -0.4 is 4.72 Å². The molecule has 2 rings (SSSR count). The Morgan fingerprint density at radius 1 is 1.23 bits per heavy atom. The number of rotatable bonds is 5. The fourth-order valence-corrected chi connectivity index (χ4v) is 4.20. The Labute approximate surface area is 130 Å². The second-order valence-electron chi connectivity index (χ2n) is 5.82. The maximum absolute atomic E-state index is 13.7. The van der Waals surface area contributed by atoms with Gasteiger partial charge in [0, 0.05) is 24.7 Å². The largest absolute Gasteiger partial charge is 0.279 e. The van der Waals surface area contributed by atoms with Crippen molar-refractivity contribution in [1.29, 1.82) is 0 Å². The summed E-state index contributed by atoms with van der Waals surface area (Å²) in [6, 6.07) is 2.15. The maximum atomic E-state index is 13.7. The Morgan fingerprint density at radius 2 is 1.86 bits per heavy atom. The predicted octanol–water partition coefficient (Wildman–Crippen LogP) is 3.12. The molecule has 1 N–H and O–H groups in total. The summed E-state index contributed by atoms with van der Waals surface area (Å²) in [7, 11) is -2.21. The highest BCUT2D eigenvalue weighted by molar-refractivity contribution is 7.87. The molecule has 0 saturated heterocycles. The summed E-state index contributed by atoms with van der Waals surface area (Å²) in [5.74, 6) is -1.22. The van der Waals surface area contributed by atoms with Gasteiger partial charge in [-0.05, 0) is 38.0 Å². The average Bonchev–Trinajstić information content (AvgIpc) is 2.49. The molecule has 1 aromatic carbocycles. The minimum Gasteiger partial charge on any atom is -0.207 e. The van der Waals surface area contributed by atoms with Crippen LogP contribution in [0.15, 0.2) is 18.2 Å². The lowest BCUT2D eigenvalue weighted by Gasteiger charge is -2.31. The van der Waals surface area contributed by atoms with E-state index in [2.05, 4.69) is 4.72 Å². The first-order valence-electron chi connectivity index (χ1n) is 7.51. The highest BCUT2D eigenvalue weighted by atomic mass is 32.2. The van der Waals surface area contributed by atoms with Crippen molar-refractivity contribution < 1.29 is 17.2 Å². The van der Waals surface area contributed by atoms with E-state index in [9.17, 15) is 17.2 Å². The van der Waals surface area contributed by atoms with Gasteiger partial charge in [0.25, 0.3) is 10.2 Å². The first-order valence-corrected chi connectivity index (χ1v) is 8.95. The van der Waals surface area contributed by atoms with Crippen molar-refractivity contribution >= 4 is 10.2 Å². The number of nitrogens with zero attached hydrogens (tertiary/aromatic N) is 1. The van der Waals surface area contributed by atoms with Crippen molar-refractivity contribution in [3.63, 3.8) is 0 Å². The Bertz CT molecular complexity index is 616. The number of hydrogen-bond acceptors (Lipinski definition) is 2. The molecule has 1 aromatic rings. The van der Waals surface area contributed by atoms with Crippen LogP contribution in [-0.4, -0.2) is 25.8 Å². The van der Waals surface area contributed by atoms with Gasteiger partial charge in [-0.1, -0.05) is 19.3 Å². The van der Waals surface area contributed by atoms with Gasteiger partial charge >= 0.3 is 0 Å². The molecular formula is C15H22F2N2O2S. The van der Waals surface area contributed by atoms with E-state index in [1.807, 2.05) is 0 Å². The van der Waals surface area contributed by atoms with Gasteiger partial charge in [0.2, 0.25) is 0 Å². The fraction of sp³-hybridized carbons (Fsp3) is 0.600. The van der Waals surface area contributed by atoms with Crippen LogP contribution >= 0.6 is 0 Å². The van der Waals surface area contributed by atoms with Gasteiger partial charge in [-0.25, -0.2) is 8.78 Å². The predicted molar refractivity (Wildman–Crippen MR) is 81.5 cm³/mol. The van der Waals surface area contributed by atoms with Crippen molar-refractivity contribution in [3.05, 3.63) is 35.4 Å². The van der Waals surface area contributed by atoms with Crippen LogP contribution in [0.3, 0.4) is 0 Å². The Balaban J connectivity index is 2.11. The standard InChI is InChI=1S/C15H22F2N2O2S/c1-11(14-10-12(16)8-9-15(14)17)18-22(20,21)19(2)13-6-4-3-5-7-13/h8-11,13,18H,3-7H2,1-2H3/t11-/m1/s1. The normalized spacial score (nSPS) is 18.6. The van der Waals surface area contributed by atoms with Crippen LogP contribution in [0, 0.1) is 11.6 Å². The fourth-order valence-electron chi connectivity index (χ4n) is 2.86. The van der Waals surface area contributed by atoms with E-state index in [1.54, 1.807) is 0 Å². The van der Waals surface area contributed by atoms with Crippen molar-refractivity contribution in [2.45, 2.75) is 51.1 Å². The molecular weight excluding hydrogens is 310 g/mol. The van der Waals surface area contributed by atoms with E-state index in [0.29, 0.717) is 0 Å². The monoisotopic (exact) mass is 332 g/mol. The lowest BCUT2D eigenvalue weighted by atomic mass is 9.96. The van der Waals surface area contributed by atoms with E-state index in [4.69, 9.17) is 0 Å². The number of hydrogen-bond donors (Lipinski definition) is 1. The zero-order valence-electron chi connectivity index (χ0n) is 12.9. The quantitative estimate of drug-likeness (QED) is 0.900. The number of halogens is 2. The van der Waals surface area contributed by atoms with Crippen LogP contribution in [-0.2, 0) is 10.2 Å². The molecule has 0 aromatic heterocycles. The van der Waals surface area contributed by atoms with Gasteiger partial charge in [-0.2, -0.15) is 17.4 Å². The molecule has 1 saturated carbocycles. The van der Waals surface area contributed by atoms with Gasteiger partial charge < -0.3 is 0 Å². The molecule has 0 amide bonds. The van der Waals surface area contributed by atoms with Gasteiger partial charge in [0.1, 0.15) is 11.6 Å². The molecule has 0 unspecified atom stereocenters. The minimum absolute atomic E-state index is 0.000573. The molecule has 124 valence electrons. The van der Waals surface area contributed by atoms with Crippen LogP contribution in [0.25, 0.3) is 0 Å². The SMILES string of the molecule is C[C@@H](NS(=O)(=O)N(C)C1CCCCC1)c1cc(F)ccc1F. The summed E-state index contributed by atoms with van der Waals surface area (Å²) in [5.41, 5.74) is 0.000573. The third kappa shape index (κ3) is 4.02. The topological polar surface area (TPSA) is 49.4 Å². The molecule has 0 bridgehead atoms. The second-order valence-corrected chi connectivity index (χ2v) is 7.58. The molecule has 22 heavy (non-hydrogen) atoms. The van der Waals surface area contributed by atoms with E-state index in [0.717, 1.165) is 50.3 Å². The van der Waals surface area contributed by atoms with Gasteiger partial charge in [-0.3, -0.25) is 0 Å². The molecule has 1 atom stereocenters. The second kappa shape index (κ2) is 7.02. The third-order valence-electron chi connectivity index (χ3n) is 4.22. The highest BCUT2D eigenvalue weighted by Crippen LogP contribution is 2.25. The lowest BCUT2D eigenvalue weighted by molar-refractivity contribution is 0.281. The summed E-state index contributed by atoms with van der Waals surface area (Å²) >= 11 is 0. The number of benzene rings is 1. The van der Waals surface area contributed by atoms with E-state index in [1.165, 1.54) is 18.3 Å². The van der Waals surface area contributed by atoms with Crippen LogP contribution in [0.1, 0.15) is 50.6 Å². The Hall–Kier alpha value is -1.05. The minimum atomic E-state index is -3.74. The van der Waals surface area contributed by atoms with Crippen molar-refractivity contribution in [1.82, 2.24) is 9.03 Å². The average molecular weight is 332 g/mol. The van der Waals surface area contributed by atoms with Gasteiger partial charge in [0.15, 0.2) is 0 Å². The molecule has 0 radical (unpaired) electrons. The zero-order valence-corrected chi connectivity index (χ0v) is 13.7. The summed E-state index contributed by atoms with van der Waals surface area (Å²) in [4.78, 5) is 0. The summed E-state index contributed by atoms with van der Waals surface area (Å²) < 4.78 is 55.5. The van der Waals surface area contributed by atoms with E-state index < -0.39 is 27.9 Å². The molecule has 0 aliphatic heterocycles. The van der Waals surface area contributed by atoms with Gasteiger partial charge in [-0.15, -0.1) is 0 Å². The first kappa shape index (κ1) is 17.3. The highest BCUT2D eigenvalue weighted by Gasteiger charge is 2.29. The van der Waals surface area contributed by atoms with Crippen LogP contribution in [0.4, 0.5) is 8.78 Å². The zero-order chi connectivity index (χ0) is 16.3. The molecule has 1 aliphatic rings. The van der Waals surface area contributed by atoms with Crippen LogP contribution in [0.5, 0.6) is 0 Å². The molecule has 1 fully saturated rings. The molecule has 0 spiro atoms. The molecule has 4 nitrogen and oxygen atoms in total. The summed E-state index contributed by atoms with van der Waals surface area (Å²) in [5, 5.41) is 0. The third-order valence-corrected chi connectivity index (χ3v) is 5.93. The van der Waals surface area contributed by atoms with Crippen molar-refractivity contribution in [3.8, 4) is 0 Å². The Kier molecular flexibility index (Phi) is 5.52. The van der Waals surface area contributed by atoms with E-state index in [-0.39, 0.29) is 11.6 Å². The maximum Gasteiger partial charge on any atom is 0.279 e. The molecule has 7 heteroatoms. The Morgan fingerprint density at radius 3 is 2.50 bits per heavy atom. The molecule has 0 heterocycles. The summed E-state index contributed by atoms with van der Waals surface area (Å²) in [6.07, 6.45) is 4.82. The summed E-state index contributed by atoms with van der Waals surface area (Å²) in [6.45, 7) is 1.50. The smallest absolute Gasteiger partial charge is 0.207 e. The number of nitrogens with one attached hydrogen (secondary N) is 1. The molecule has 1 aliphatic carbocycles. The lowest BCUT2D eigenvalue weighted by Crippen LogP contribution is -2.45. The van der Waals surface area contributed by atoms with Crippen molar-refractivity contribution in [2.24, 2.45) is 0 Å². The van der Waals surface area contributed by atoms with Crippen molar-refractivity contribution in [2.75, 3.05) is 7.05 Å².